The molecule has 2 aliphatic rings. The summed E-state index contributed by atoms with van der Waals surface area (Å²) in [5.41, 5.74) is 1.88. The Bertz CT molecular complexity index is 973. The van der Waals surface area contributed by atoms with Crippen molar-refractivity contribution in [3.8, 4) is 0 Å². The van der Waals surface area contributed by atoms with Crippen LogP contribution in [0.5, 0.6) is 0 Å². The summed E-state index contributed by atoms with van der Waals surface area (Å²) < 4.78 is 5.21. The van der Waals surface area contributed by atoms with Crippen molar-refractivity contribution in [2.75, 3.05) is 6.61 Å². The third-order valence-corrected chi connectivity index (χ3v) is 5.74. The minimum absolute atomic E-state index is 0.0556. The Labute approximate surface area is 157 Å². The standard InChI is InChI=1S/C23H20O4/c1-3-27-22(26)19-18(24)13-17-15-11-7-8-12-16(15)21(25)23(17,2)20(19)14-9-5-4-6-10-14/h4-13,19-20H,3H2,1-2H3. The van der Waals surface area contributed by atoms with Crippen molar-refractivity contribution in [2.45, 2.75) is 19.8 Å². The molecule has 3 unspecified atom stereocenters. The number of Topliss-reactive ketones (excluding diaryl/α,β-unsaturated/α-hetero) is 1. The first-order chi connectivity index (χ1) is 13.0. The lowest BCUT2D eigenvalue weighted by Gasteiger charge is -2.41. The molecule has 136 valence electrons. The van der Waals surface area contributed by atoms with Gasteiger partial charge in [-0.1, -0.05) is 54.6 Å². The van der Waals surface area contributed by atoms with Gasteiger partial charge in [0.25, 0.3) is 0 Å². The Kier molecular flexibility index (Phi) is 4.06. The van der Waals surface area contributed by atoms with Crippen LogP contribution in [-0.4, -0.2) is 24.1 Å². The topological polar surface area (TPSA) is 60.4 Å². The fourth-order valence-electron chi connectivity index (χ4n) is 4.53. The van der Waals surface area contributed by atoms with Crippen LogP contribution in [-0.2, 0) is 14.3 Å². The van der Waals surface area contributed by atoms with Gasteiger partial charge < -0.3 is 4.74 Å². The summed E-state index contributed by atoms with van der Waals surface area (Å²) in [6.45, 7) is 3.74. The second-order valence-corrected chi connectivity index (χ2v) is 7.16. The number of carbonyl (C=O) groups excluding carboxylic acids is 3. The smallest absolute Gasteiger partial charge is 0.317 e. The molecule has 4 nitrogen and oxygen atoms in total. The maximum absolute atomic E-state index is 13.5. The number of ether oxygens (including phenoxy) is 1. The molecular formula is C23H20O4. The van der Waals surface area contributed by atoms with E-state index >= 15 is 0 Å². The molecular weight excluding hydrogens is 340 g/mol. The normalized spacial score (nSPS) is 26.2. The molecule has 0 spiro atoms. The van der Waals surface area contributed by atoms with Gasteiger partial charge in [0.2, 0.25) is 0 Å². The average Bonchev–Trinajstić information content (AvgIpc) is 2.90. The van der Waals surface area contributed by atoms with Crippen LogP contribution in [0, 0.1) is 11.3 Å². The first-order valence-electron chi connectivity index (χ1n) is 9.12. The lowest BCUT2D eigenvalue weighted by molar-refractivity contribution is -0.152. The van der Waals surface area contributed by atoms with E-state index in [1.54, 1.807) is 13.0 Å². The van der Waals surface area contributed by atoms with Crippen LogP contribution in [0.2, 0.25) is 0 Å². The third-order valence-electron chi connectivity index (χ3n) is 5.74. The van der Waals surface area contributed by atoms with Gasteiger partial charge in [0.05, 0.1) is 12.0 Å². The van der Waals surface area contributed by atoms with Crippen LogP contribution in [0.15, 0.2) is 60.7 Å². The predicted molar refractivity (Wildman–Crippen MR) is 101 cm³/mol. The first-order valence-corrected chi connectivity index (χ1v) is 9.12. The van der Waals surface area contributed by atoms with Crippen LogP contribution in [0.25, 0.3) is 5.57 Å². The number of esters is 1. The molecule has 4 heteroatoms. The van der Waals surface area contributed by atoms with Gasteiger partial charge in [-0.2, -0.15) is 0 Å². The van der Waals surface area contributed by atoms with E-state index < -0.39 is 23.2 Å². The van der Waals surface area contributed by atoms with Crippen LogP contribution in [0.3, 0.4) is 0 Å². The number of allylic oxidation sites excluding steroid dienone is 2. The number of rotatable bonds is 3. The summed E-state index contributed by atoms with van der Waals surface area (Å²) in [4.78, 5) is 39.2. The van der Waals surface area contributed by atoms with E-state index in [0.717, 1.165) is 11.1 Å². The Morgan fingerprint density at radius 1 is 1.00 bits per heavy atom. The van der Waals surface area contributed by atoms with Gasteiger partial charge >= 0.3 is 5.97 Å². The quantitative estimate of drug-likeness (QED) is 0.617. The number of carbonyl (C=O) groups is 3. The molecule has 2 aliphatic carbocycles. The zero-order valence-electron chi connectivity index (χ0n) is 15.3. The molecule has 0 radical (unpaired) electrons. The highest BCUT2D eigenvalue weighted by atomic mass is 16.5. The summed E-state index contributed by atoms with van der Waals surface area (Å²) in [5, 5.41) is 0. The highest BCUT2D eigenvalue weighted by Crippen LogP contribution is 2.59. The molecule has 0 N–H and O–H groups in total. The lowest BCUT2D eigenvalue weighted by atomic mass is 9.59. The number of fused-ring (bicyclic) bond motifs is 3. The number of hydrogen-bond acceptors (Lipinski definition) is 4. The summed E-state index contributed by atoms with van der Waals surface area (Å²) in [6.07, 6.45) is 1.48. The Balaban J connectivity index is 1.97. The van der Waals surface area contributed by atoms with E-state index in [1.807, 2.05) is 55.5 Å². The van der Waals surface area contributed by atoms with Crippen molar-refractivity contribution >= 4 is 23.1 Å². The van der Waals surface area contributed by atoms with Crippen molar-refractivity contribution in [2.24, 2.45) is 11.3 Å². The van der Waals surface area contributed by atoms with Gasteiger partial charge in [-0.15, -0.1) is 0 Å². The van der Waals surface area contributed by atoms with E-state index in [4.69, 9.17) is 4.74 Å². The largest absolute Gasteiger partial charge is 0.465 e. The fraction of sp³-hybridized carbons (Fsp3) is 0.261. The van der Waals surface area contributed by atoms with Gasteiger partial charge in [0, 0.05) is 11.5 Å². The van der Waals surface area contributed by atoms with Gasteiger partial charge in [0.1, 0.15) is 5.92 Å². The number of benzene rings is 2. The molecule has 27 heavy (non-hydrogen) atoms. The van der Waals surface area contributed by atoms with E-state index in [1.165, 1.54) is 6.08 Å². The minimum Gasteiger partial charge on any atom is -0.465 e. The van der Waals surface area contributed by atoms with E-state index in [0.29, 0.717) is 11.1 Å². The van der Waals surface area contributed by atoms with E-state index in [-0.39, 0.29) is 18.2 Å². The zero-order valence-corrected chi connectivity index (χ0v) is 15.3. The Hall–Kier alpha value is -3.01. The molecule has 3 atom stereocenters. The molecule has 4 rings (SSSR count). The molecule has 2 aromatic carbocycles. The van der Waals surface area contributed by atoms with Crippen molar-refractivity contribution in [1.29, 1.82) is 0 Å². The van der Waals surface area contributed by atoms with E-state index in [2.05, 4.69) is 0 Å². The van der Waals surface area contributed by atoms with E-state index in [9.17, 15) is 14.4 Å². The van der Waals surface area contributed by atoms with Crippen LogP contribution < -0.4 is 0 Å². The molecule has 0 saturated carbocycles. The molecule has 0 saturated heterocycles. The van der Waals surface area contributed by atoms with Crippen LogP contribution in [0.4, 0.5) is 0 Å². The van der Waals surface area contributed by atoms with Crippen molar-refractivity contribution < 1.29 is 19.1 Å². The second kappa shape index (κ2) is 6.31. The zero-order chi connectivity index (χ0) is 19.2. The Morgan fingerprint density at radius 2 is 1.63 bits per heavy atom. The highest BCUT2D eigenvalue weighted by Gasteiger charge is 2.59. The maximum Gasteiger partial charge on any atom is 0.317 e. The molecule has 2 aromatic rings. The van der Waals surface area contributed by atoms with Crippen molar-refractivity contribution in [3.05, 3.63) is 77.4 Å². The predicted octanol–water partition coefficient (Wildman–Crippen LogP) is 3.82. The van der Waals surface area contributed by atoms with Gasteiger partial charge in [0.15, 0.2) is 11.6 Å². The van der Waals surface area contributed by atoms with Gasteiger partial charge in [-0.3, -0.25) is 14.4 Å². The van der Waals surface area contributed by atoms with Crippen molar-refractivity contribution in [1.82, 2.24) is 0 Å². The second-order valence-electron chi connectivity index (χ2n) is 7.16. The van der Waals surface area contributed by atoms with Crippen LogP contribution >= 0.6 is 0 Å². The summed E-state index contributed by atoms with van der Waals surface area (Å²) in [6, 6.07) is 16.7. The number of ketones is 2. The third kappa shape index (κ3) is 2.40. The Morgan fingerprint density at radius 3 is 2.30 bits per heavy atom. The number of hydrogen-bond donors (Lipinski definition) is 0. The maximum atomic E-state index is 13.5. The van der Waals surface area contributed by atoms with Gasteiger partial charge in [-0.05, 0) is 36.6 Å². The fourth-order valence-corrected chi connectivity index (χ4v) is 4.53. The van der Waals surface area contributed by atoms with Crippen molar-refractivity contribution in [3.63, 3.8) is 0 Å². The summed E-state index contributed by atoms with van der Waals surface area (Å²) in [7, 11) is 0. The first kappa shape index (κ1) is 17.4. The monoisotopic (exact) mass is 360 g/mol. The summed E-state index contributed by atoms with van der Waals surface area (Å²) >= 11 is 0. The lowest BCUT2D eigenvalue weighted by Crippen LogP contribution is -2.45. The highest BCUT2D eigenvalue weighted by molar-refractivity contribution is 6.24. The molecule has 0 amide bonds. The summed E-state index contributed by atoms with van der Waals surface area (Å²) in [5.74, 6) is -2.57. The molecule has 0 bridgehead atoms. The van der Waals surface area contributed by atoms with Crippen LogP contribution in [0.1, 0.15) is 41.3 Å². The SMILES string of the molecule is CCOC(=O)C1C(=O)C=C2c3ccccc3C(=O)C2(C)C1c1ccccc1. The molecule has 0 fully saturated rings. The molecule has 0 aromatic heterocycles. The van der Waals surface area contributed by atoms with Gasteiger partial charge in [-0.25, -0.2) is 0 Å². The molecule has 0 aliphatic heterocycles. The average molecular weight is 360 g/mol. The minimum atomic E-state index is -1.03. The molecule has 0 heterocycles.